The Morgan fingerprint density at radius 2 is 2.17 bits per heavy atom. The summed E-state index contributed by atoms with van der Waals surface area (Å²) in [4.78, 5) is 11.9. The molecule has 0 aliphatic rings. The fourth-order valence-corrected chi connectivity index (χ4v) is 2.94. The van der Waals surface area contributed by atoms with Crippen molar-refractivity contribution in [1.29, 1.82) is 5.26 Å². The second-order valence-corrected chi connectivity index (χ2v) is 5.83. The second-order valence-electron chi connectivity index (χ2n) is 5.04. The molecule has 0 saturated heterocycles. The molecule has 0 saturated carbocycles. The van der Waals surface area contributed by atoms with Crippen LogP contribution in [0.3, 0.4) is 0 Å². The summed E-state index contributed by atoms with van der Waals surface area (Å²) in [7, 11) is 0. The maximum atomic E-state index is 11.9. The van der Waals surface area contributed by atoms with E-state index in [1.165, 1.54) is 6.26 Å². The number of ether oxygens (including phenoxy) is 1. The van der Waals surface area contributed by atoms with Gasteiger partial charge in [-0.2, -0.15) is 5.26 Å². The molecule has 1 amide bonds. The summed E-state index contributed by atoms with van der Waals surface area (Å²) in [5, 5.41) is 13.4. The largest absolute Gasteiger partial charge is 0.478 e. The number of benzene rings is 2. The number of hydrogen-bond acceptors (Lipinski definition) is 4. The Kier molecular flexibility index (Phi) is 4.82. The highest BCUT2D eigenvalue weighted by molar-refractivity contribution is 9.10. The summed E-state index contributed by atoms with van der Waals surface area (Å²) in [6, 6.07) is 14.9. The lowest BCUT2D eigenvalue weighted by Crippen LogP contribution is -2.22. The molecule has 2 aromatic carbocycles. The first-order valence-corrected chi connectivity index (χ1v) is 8.01. The Labute approximate surface area is 147 Å². The predicted octanol–water partition coefficient (Wildman–Crippen LogP) is 4.03. The van der Waals surface area contributed by atoms with Crippen LogP contribution in [0, 0.1) is 11.3 Å². The molecule has 5 nitrogen and oxygen atoms in total. The molecule has 120 valence electrons. The number of fused-ring (bicyclic) bond motifs is 1. The van der Waals surface area contributed by atoms with Crippen LogP contribution in [-0.2, 0) is 6.54 Å². The number of nitrogens with one attached hydrogen (secondary N) is 1. The maximum Gasteiger partial charge on any atom is 0.287 e. The Balaban J connectivity index is 1.77. The average molecular weight is 385 g/mol. The lowest BCUT2D eigenvalue weighted by atomic mass is 10.1. The first kappa shape index (κ1) is 16.1. The lowest BCUT2D eigenvalue weighted by Gasteiger charge is -2.10. The van der Waals surface area contributed by atoms with Crippen molar-refractivity contribution in [2.45, 2.75) is 6.54 Å². The summed E-state index contributed by atoms with van der Waals surface area (Å²) < 4.78 is 11.2. The van der Waals surface area contributed by atoms with Crippen LogP contribution in [0.25, 0.3) is 10.8 Å². The van der Waals surface area contributed by atoms with Crippen LogP contribution in [0.1, 0.15) is 16.1 Å². The standard InChI is InChI=1S/C18H13BrN2O3/c19-17-14-5-3-12(11-21-18(22)16-2-1-8-23-16)10-13(14)4-6-15(17)24-9-7-20/h1-6,8,10H,9,11H2,(H,21,22). The van der Waals surface area contributed by atoms with Crippen molar-refractivity contribution < 1.29 is 13.9 Å². The van der Waals surface area contributed by atoms with Crippen molar-refractivity contribution in [2.75, 3.05) is 6.61 Å². The molecule has 0 unspecified atom stereocenters. The highest BCUT2D eigenvalue weighted by Crippen LogP contribution is 2.33. The molecule has 0 fully saturated rings. The lowest BCUT2D eigenvalue weighted by molar-refractivity contribution is 0.0923. The van der Waals surface area contributed by atoms with Gasteiger partial charge in [0.15, 0.2) is 12.4 Å². The number of rotatable bonds is 5. The summed E-state index contributed by atoms with van der Waals surface area (Å²) in [6.45, 7) is 0.404. The van der Waals surface area contributed by atoms with E-state index in [0.29, 0.717) is 12.3 Å². The van der Waals surface area contributed by atoms with Crippen LogP contribution < -0.4 is 10.1 Å². The zero-order chi connectivity index (χ0) is 16.9. The number of hydrogen-bond donors (Lipinski definition) is 1. The summed E-state index contributed by atoms with van der Waals surface area (Å²) in [5.41, 5.74) is 0.972. The molecule has 3 aromatic rings. The molecule has 3 rings (SSSR count). The van der Waals surface area contributed by atoms with Crippen molar-refractivity contribution in [3.8, 4) is 11.8 Å². The van der Waals surface area contributed by atoms with Gasteiger partial charge in [0.1, 0.15) is 11.8 Å². The van der Waals surface area contributed by atoms with Crippen molar-refractivity contribution in [3.63, 3.8) is 0 Å². The van der Waals surface area contributed by atoms with E-state index in [1.807, 2.05) is 36.4 Å². The van der Waals surface area contributed by atoms with Gasteiger partial charge in [-0.05, 0) is 56.5 Å². The molecular formula is C18H13BrN2O3. The molecule has 0 atom stereocenters. The number of amides is 1. The monoisotopic (exact) mass is 384 g/mol. The van der Waals surface area contributed by atoms with Gasteiger partial charge in [0.25, 0.3) is 5.91 Å². The molecule has 6 heteroatoms. The van der Waals surface area contributed by atoms with Gasteiger partial charge < -0.3 is 14.5 Å². The number of nitrogens with zero attached hydrogens (tertiary/aromatic N) is 1. The van der Waals surface area contributed by atoms with Crippen LogP contribution in [-0.4, -0.2) is 12.5 Å². The SMILES string of the molecule is N#CCOc1ccc2cc(CNC(=O)c3ccco3)ccc2c1Br. The van der Waals surface area contributed by atoms with Crippen LogP contribution in [0.4, 0.5) is 0 Å². The maximum absolute atomic E-state index is 11.9. The number of carbonyl (C=O) groups excluding carboxylic acids is 1. The van der Waals surface area contributed by atoms with E-state index < -0.39 is 0 Å². The Morgan fingerprint density at radius 1 is 1.29 bits per heavy atom. The van der Waals surface area contributed by atoms with Crippen molar-refractivity contribution >= 4 is 32.6 Å². The molecule has 0 bridgehead atoms. The fourth-order valence-electron chi connectivity index (χ4n) is 2.33. The second kappa shape index (κ2) is 7.20. The van der Waals surface area contributed by atoms with E-state index in [1.54, 1.807) is 12.1 Å². The van der Waals surface area contributed by atoms with Gasteiger partial charge in [0, 0.05) is 6.54 Å². The van der Waals surface area contributed by atoms with Gasteiger partial charge in [-0.15, -0.1) is 0 Å². The van der Waals surface area contributed by atoms with E-state index in [-0.39, 0.29) is 18.3 Å². The minimum atomic E-state index is -0.249. The third-order valence-electron chi connectivity index (χ3n) is 3.47. The number of furan rings is 1. The van der Waals surface area contributed by atoms with Gasteiger partial charge in [0.2, 0.25) is 0 Å². The van der Waals surface area contributed by atoms with Gasteiger partial charge in [-0.25, -0.2) is 0 Å². The molecular weight excluding hydrogens is 372 g/mol. The number of halogens is 1. The zero-order valence-corrected chi connectivity index (χ0v) is 14.2. The first-order valence-electron chi connectivity index (χ1n) is 7.21. The Hall–Kier alpha value is -2.78. The Morgan fingerprint density at radius 3 is 2.92 bits per heavy atom. The minimum absolute atomic E-state index is 0.000993. The Bertz CT molecular complexity index is 914. The van der Waals surface area contributed by atoms with Gasteiger partial charge in [0.05, 0.1) is 10.7 Å². The van der Waals surface area contributed by atoms with E-state index in [2.05, 4.69) is 21.2 Å². The average Bonchev–Trinajstić information content (AvgIpc) is 3.14. The summed E-state index contributed by atoms with van der Waals surface area (Å²) >= 11 is 3.51. The van der Waals surface area contributed by atoms with Crippen molar-refractivity contribution in [1.82, 2.24) is 5.32 Å². The van der Waals surface area contributed by atoms with Gasteiger partial charge >= 0.3 is 0 Å². The third-order valence-corrected chi connectivity index (χ3v) is 4.29. The zero-order valence-electron chi connectivity index (χ0n) is 12.6. The molecule has 24 heavy (non-hydrogen) atoms. The third kappa shape index (κ3) is 3.42. The first-order chi connectivity index (χ1) is 11.7. The number of carbonyl (C=O) groups is 1. The molecule has 0 radical (unpaired) electrons. The normalized spacial score (nSPS) is 10.3. The molecule has 0 aliphatic heterocycles. The molecule has 0 spiro atoms. The van der Waals surface area contributed by atoms with Gasteiger partial charge in [-0.1, -0.05) is 18.2 Å². The van der Waals surface area contributed by atoms with E-state index >= 15 is 0 Å². The molecule has 1 aromatic heterocycles. The van der Waals surface area contributed by atoms with E-state index in [4.69, 9.17) is 14.4 Å². The topological polar surface area (TPSA) is 75.3 Å². The molecule has 0 aliphatic carbocycles. The quantitative estimate of drug-likeness (QED) is 0.720. The van der Waals surface area contributed by atoms with Gasteiger partial charge in [-0.3, -0.25) is 4.79 Å². The van der Waals surface area contributed by atoms with Crippen LogP contribution >= 0.6 is 15.9 Å². The highest BCUT2D eigenvalue weighted by atomic mass is 79.9. The smallest absolute Gasteiger partial charge is 0.287 e. The minimum Gasteiger partial charge on any atom is -0.478 e. The van der Waals surface area contributed by atoms with Crippen LogP contribution in [0.15, 0.2) is 57.6 Å². The van der Waals surface area contributed by atoms with Crippen molar-refractivity contribution in [3.05, 3.63) is 64.5 Å². The summed E-state index contributed by atoms with van der Waals surface area (Å²) in [6.07, 6.45) is 1.47. The fraction of sp³-hybridized carbons (Fsp3) is 0.111. The van der Waals surface area contributed by atoms with Crippen LogP contribution in [0.5, 0.6) is 5.75 Å². The molecule has 1 N–H and O–H groups in total. The van der Waals surface area contributed by atoms with Crippen molar-refractivity contribution in [2.24, 2.45) is 0 Å². The molecule has 1 heterocycles. The van der Waals surface area contributed by atoms with E-state index in [0.717, 1.165) is 20.8 Å². The highest BCUT2D eigenvalue weighted by Gasteiger charge is 2.09. The van der Waals surface area contributed by atoms with E-state index in [9.17, 15) is 4.79 Å². The summed E-state index contributed by atoms with van der Waals surface area (Å²) in [5.74, 6) is 0.669. The predicted molar refractivity (Wildman–Crippen MR) is 92.6 cm³/mol. The van der Waals surface area contributed by atoms with Crippen LogP contribution in [0.2, 0.25) is 0 Å². The number of nitriles is 1.